The third kappa shape index (κ3) is 3.16. The van der Waals surface area contributed by atoms with Crippen molar-refractivity contribution in [3.05, 3.63) is 41.4 Å². The molecule has 1 aromatic heterocycles. The molecule has 2 aromatic carbocycles. The molecule has 0 radical (unpaired) electrons. The lowest BCUT2D eigenvalue weighted by atomic mass is 10.2. The molecule has 1 N–H and O–H groups in total. The second-order valence-corrected chi connectivity index (χ2v) is 5.34. The van der Waals surface area contributed by atoms with E-state index in [0.717, 1.165) is 0 Å². The molecule has 3 rings (SSSR count). The number of fused-ring (bicyclic) bond motifs is 1. The molecule has 7 heteroatoms. The molecule has 0 bridgehead atoms. The van der Waals surface area contributed by atoms with Gasteiger partial charge in [0.1, 0.15) is 17.7 Å². The smallest absolute Gasteiger partial charge is 0.238 e. The van der Waals surface area contributed by atoms with Gasteiger partial charge >= 0.3 is 0 Å². The van der Waals surface area contributed by atoms with E-state index in [-0.39, 0.29) is 12.3 Å². The number of oxazole rings is 1. The minimum absolute atomic E-state index is 0.202. The summed E-state index contributed by atoms with van der Waals surface area (Å²) in [4.78, 5) is 15.9. The molecule has 0 fully saturated rings. The largest absolute Gasteiger partial charge is 0.495 e. The van der Waals surface area contributed by atoms with Gasteiger partial charge in [0.15, 0.2) is 5.58 Å². The first-order valence-corrected chi connectivity index (χ1v) is 7.40. The lowest BCUT2D eigenvalue weighted by molar-refractivity contribution is -0.115. The van der Waals surface area contributed by atoms with Gasteiger partial charge < -0.3 is 14.5 Å². The number of aromatic nitrogens is 1. The molecule has 1 heterocycles. The fourth-order valence-electron chi connectivity index (χ4n) is 2.21. The van der Waals surface area contributed by atoms with Crippen molar-refractivity contribution in [2.75, 3.05) is 12.4 Å². The van der Waals surface area contributed by atoms with Gasteiger partial charge in [-0.1, -0.05) is 11.6 Å². The van der Waals surface area contributed by atoms with E-state index in [1.54, 1.807) is 49.6 Å². The average molecular weight is 342 g/mol. The molecule has 3 aromatic rings. The number of anilines is 1. The van der Waals surface area contributed by atoms with Crippen molar-refractivity contribution >= 4 is 34.3 Å². The number of hydrogen-bond acceptors (Lipinski definition) is 5. The molecule has 0 aliphatic rings. The number of rotatable bonds is 4. The maximum atomic E-state index is 11.5. The van der Waals surface area contributed by atoms with Crippen LogP contribution in [0.15, 0.2) is 40.8 Å². The number of hydrogen-bond donors (Lipinski definition) is 1. The van der Waals surface area contributed by atoms with Crippen molar-refractivity contribution in [1.29, 1.82) is 5.26 Å². The van der Waals surface area contributed by atoms with Crippen molar-refractivity contribution < 1.29 is 13.9 Å². The molecule has 0 saturated heterocycles. The van der Waals surface area contributed by atoms with Gasteiger partial charge in [0.05, 0.1) is 18.2 Å². The highest BCUT2D eigenvalue weighted by molar-refractivity contribution is 6.32. The normalized spacial score (nSPS) is 10.4. The Labute approximate surface area is 142 Å². The van der Waals surface area contributed by atoms with Crippen LogP contribution < -0.4 is 10.1 Å². The number of nitrogens with zero attached hydrogens (tertiary/aromatic N) is 2. The highest BCUT2D eigenvalue weighted by Crippen LogP contribution is 2.32. The molecule has 0 spiro atoms. The quantitative estimate of drug-likeness (QED) is 0.774. The lowest BCUT2D eigenvalue weighted by Gasteiger charge is -2.03. The molecule has 6 nitrogen and oxygen atoms in total. The van der Waals surface area contributed by atoms with Crippen LogP contribution in [0, 0.1) is 11.3 Å². The maximum absolute atomic E-state index is 11.5. The summed E-state index contributed by atoms with van der Waals surface area (Å²) in [5, 5.41) is 11.6. The van der Waals surface area contributed by atoms with Crippen LogP contribution in [0.1, 0.15) is 6.42 Å². The van der Waals surface area contributed by atoms with Gasteiger partial charge in [0, 0.05) is 11.3 Å². The predicted octanol–water partition coefficient (Wildman–Crippen LogP) is 4.01. The van der Waals surface area contributed by atoms with Gasteiger partial charge in [-0.05, 0) is 36.4 Å². The van der Waals surface area contributed by atoms with Crippen molar-refractivity contribution in [2.24, 2.45) is 0 Å². The van der Waals surface area contributed by atoms with E-state index in [4.69, 9.17) is 26.0 Å². The molecule has 0 aliphatic carbocycles. The van der Waals surface area contributed by atoms with Crippen LogP contribution in [-0.4, -0.2) is 18.0 Å². The molecule has 0 saturated carbocycles. The van der Waals surface area contributed by atoms with Crippen LogP contribution in [0.3, 0.4) is 0 Å². The average Bonchev–Trinajstić information content (AvgIpc) is 2.98. The Morgan fingerprint density at radius 1 is 1.38 bits per heavy atom. The number of carbonyl (C=O) groups is 1. The summed E-state index contributed by atoms with van der Waals surface area (Å²) in [6.45, 7) is 0. The molecule has 1 amide bonds. The Bertz CT molecular complexity index is 959. The van der Waals surface area contributed by atoms with E-state index in [2.05, 4.69) is 10.3 Å². The Hall–Kier alpha value is -3.04. The summed E-state index contributed by atoms with van der Waals surface area (Å²) in [7, 11) is 1.54. The van der Waals surface area contributed by atoms with Gasteiger partial charge in [-0.25, -0.2) is 4.98 Å². The topological polar surface area (TPSA) is 88.1 Å². The zero-order valence-electron chi connectivity index (χ0n) is 12.7. The number of ether oxygens (including phenoxy) is 1. The molecule has 0 atom stereocenters. The van der Waals surface area contributed by atoms with Crippen LogP contribution >= 0.6 is 11.6 Å². The predicted molar refractivity (Wildman–Crippen MR) is 89.9 cm³/mol. The van der Waals surface area contributed by atoms with E-state index in [1.807, 2.05) is 0 Å². The Morgan fingerprint density at radius 2 is 2.21 bits per heavy atom. The SMILES string of the molecule is COc1ccc(-c2nc3cc(NC(=O)CC#N)ccc3o2)cc1Cl. The van der Waals surface area contributed by atoms with E-state index >= 15 is 0 Å². The Balaban J connectivity index is 1.92. The van der Waals surface area contributed by atoms with Crippen LogP contribution in [0.5, 0.6) is 5.75 Å². The molecule has 24 heavy (non-hydrogen) atoms. The Morgan fingerprint density at radius 3 is 2.92 bits per heavy atom. The number of halogens is 1. The van der Waals surface area contributed by atoms with Crippen molar-refractivity contribution in [3.63, 3.8) is 0 Å². The summed E-state index contributed by atoms with van der Waals surface area (Å²) in [5.41, 5.74) is 2.43. The highest BCUT2D eigenvalue weighted by atomic mass is 35.5. The number of nitrogens with one attached hydrogen (secondary N) is 1. The first kappa shape index (κ1) is 15.8. The Kier molecular flexibility index (Phi) is 4.36. The van der Waals surface area contributed by atoms with Crippen molar-refractivity contribution in [1.82, 2.24) is 4.98 Å². The van der Waals surface area contributed by atoms with E-state index in [0.29, 0.717) is 39.0 Å². The fraction of sp³-hybridized carbons (Fsp3) is 0.118. The van der Waals surface area contributed by atoms with Crippen LogP contribution in [-0.2, 0) is 4.79 Å². The third-order valence-corrected chi connectivity index (χ3v) is 3.61. The number of nitriles is 1. The zero-order chi connectivity index (χ0) is 17.1. The minimum atomic E-state index is -0.373. The summed E-state index contributed by atoms with van der Waals surface area (Å²) in [5.74, 6) is 0.608. The van der Waals surface area contributed by atoms with Crippen molar-refractivity contribution in [2.45, 2.75) is 6.42 Å². The lowest BCUT2D eigenvalue weighted by Crippen LogP contribution is -2.09. The number of benzene rings is 2. The molecule has 120 valence electrons. The van der Waals surface area contributed by atoms with E-state index < -0.39 is 0 Å². The van der Waals surface area contributed by atoms with E-state index in [1.165, 1.54) is 0 Å². The van der Waals surface area contributed by atoms with Gasteiger partial charge in [0.25, 0.3) is 0 Å². The van der Waals surface area contributed by atoms with Crippen molar-refractivity contribution in [3.8, 4) is 23.3 Å². The standard InChI is InChI=1S/C17H12ClN3O3/c1-23-14-4-2-10(8-12(14)18)17-21-13-9-11(3-5-15(13)24-17)20-16(22)6-7-19/h2-5,8-9H,6H2,1H3,(H,20,22). The summed E-state index contributed by atoms with van der Waals surface area (Å²) < 4.78 is 10.8. The van der Waals surface area contributed by atoms with Gasteiger partial charge in [-0.15, -0.1) is 0 Å². The second-order valence-electron chi connectivity index (χ2n) is 4.93. The summed E-state index contributed by atoms with van der Waals surface area (Å²) >= 11 is 6.12. The van der Waals surface area contributed by atoms with Gasteiger partial charge in [-0.3, -0.25) is 4.79 Å². The minimum Gasteiger partial charge on any atom is -0.495 e. The second kappa shape index (κ2) is 6.60. The molecule has 0 aliphatic heterocycles. The monoisotopic (exact) mass is 341 g/mol. The number of carbonyl (C=O) groups excluding carboxylic acids is 1. The maximum Gasteiger partial charge on any atom is 0.238 e. The van der Waals surface area contributed by atoms with E-state index in [9.17, 15) is 4.79 Å². The van der Waals surface area contributed by atoms with Crippen LogP contribution in [0.4, 0.5) is 5.69 Å². The number of amides is 1. The van der Waals surface area contributed by atoms with Crippen LogP contribution in [0.2, 0.25) is 5.02 Å². The summed E-state index contributed by atoms with van der Waals surface area (Å²) in [6.07, 6.45) is -0.202. The highest BCUT2D eigenvalue weighted by Gasteiger charge is 2.12. The van der Waals surface area contributed by atoms with Gasteiger partial charge in [-0.2, -0.15) is 5.26 Å². The first-order chi connectivity index (χ1) is 11.6. The third-order valence-electron chi connectivity index (χ3n) is 3.31. The fourth-order valence-corrected chi connectivity index (χ4v) is 2.46. The number of methoxy groups -OCH3 is 1. The zero-order valence-corrected chi connectivity index (χ0v) is 13.4. The molecule has 0 unspecified atom stereocenters. The molecular formula is C17H12ClN3O3. The molecular weight excluding hydrogens is 330 g/mol. The van der Waals surface area contributed by atoms with Crippen LogP contribution in [0.25, 0.3) is 22.6 Å². The summed E-state index contributed by atoms with van der Waals surface area (Å²) in [6, 6.07) is 12.1. The van der Waals surface area contributed by atoms with Gasteiger partial charge in [0.2, 0.25) is 11.8 Å². The first-order valence-electron chi connectivity index (χ1n) is 7.02.